The molecule has 18 heavy (non-hydrogen) atoms. The van der Waals surface area contributed by atoms with Crippen molar-refractivity contribution in [3.63, 3.8) is 0 Å². The van der Waals surface area contributed by atoms with Gasteiger partial charge in [-0.2, -0.15) is 0 Å². The Kier molecular flexibility index (Phi) is 5.66. The Balaban J connectivity index is 2.85. The van der Waals surface area contributed by atoms with Crippen LogP contribution in [0, 0.1) is 12.8 Å². The van der Waals surface area contributed by atoms with Crippen molar-refractivity contribution in [3.05, 3.63) is 11.9 Å². The summed E-state index contributed by atoms with van der Waals surface area (Å²) >= 11 is 0. The molecule has 1 rings (SSSR count). The van der Waals surface area contributed by atoms with E-state index in [-0.39, 0.29) is 6.04 Å². The number of ether oxygens (including phenoxy) is 1. The van der Waals surface area contributed by atoms with Crippen molar-refractivity contribution in [2.24, 2.45) is 5.92 Å². The van der Waals surface area contributed by atoms with Crippen molar-refractivity contribution in [3.8, 4) is 0 Å². The SMILES string of the molecule is CCC(C)C(C)n1cc(C)nc1NC(C)COC. The van der Waals surface area contributed by atoms with Gasteiger partial charge in [0.25, 0.3) is 0 Å². The Morgan fingerprint density at radius 3 is 2.61 bits per heavy atom. The maximum atomic E-state index is 5.15. The summed E-state index contributed by atoms with van der Waals surface area (Å²) < 4.78 is 7.40. The van der Waals surface area contributed by atoms with Gasteiger partial charge in [0, 0.05) is 25.4 Å². The standard InChI is InChI=1S/C14H27N3O/c1-7-10(2)13(5)17-8-11(3)15-14(17)16-12(4)9-18-6/h8,10,12-13H,7,9H2,1-6H3,(H,15,16). The Labute approximate surface area is 111 Å². The van der Waals surface area contributed by atoms with Crippen LogP contribution in [0.3, 0.4) is 0 Å². The van der Waals surface area contributed by atoms with Gasteiger partial charge < -0.3 is 14.6 Å². The summed E-state index contributed by atoms with van der Waals surface area (Å²) in [5.41, 5.74) is 1.05. The van der Waals surface area contributed by atoms with Crippen LogP contribution in [-0.4, -0.2) is 29.3 Å². The molecule has 1 heterocycles. The number of aromatic nitrogens is 2. The van der Waals surface area contributed by atoms with E-state index in [1.54, 1.807) is 7.11 Å². The molecule has 0 radical (unpaired) electrons. The van der Waals surface area contributed by atoms with Gasteiger partial charge in [-0.25, -0.2) is 4.98 Å². The monoisotopic (exact) mass is 253 g/mol. The largest absolute Gasteiger partial charge is 0.383 e. The molecule has 4 heteroatoms. The molecule has 1 aromatic rings. The van der Waals surface area contributed by atoms with Crippen LogP contribution in [0.1, 0.15) is 45.9 Å². The summed E-state index contributed by atoms with van der Waals surface area (Å²) in [5.74, 6) is 1.58. The molecule has 104 valence electrons. The normalized spacial score (nSPS) is 16.3. The smallest absolute Gasteiger partial charge is 0.203 e. The van der Waals surface area contributed by atoms with Gasteiger partial charge in [-0.05, 0) is 26.7 Å². The highest BCUT2D eigenvalue weighted by Gasteiger charge is 2.17. The summed E-state index contributed by atoms with van der Waals surface area (Å²) in [7, 11) is 1.72. The first-order valence-electron chi connectivity index (χ1n) is 6.80. The summed E-state index contributed by atoms with van der Waals surface area (Å²) in [5, 5.41) is 3.42. The molecule has 0 saturated heterocycles. The van der Waals surface area contributed by atoms with Crippen molar-refractivity contribution < 1.29 is 4.74 Å². The third-order valence-electron chi connectivity index (χ3n) is 3.55. The molecule has 0 bridgehead atoms. The van der Waals surface area contributed by atoms with Gasteiger partial charge in [-0.3, -0.25) is 0 Å². The van der Waals surface area contributed by atoms with Gasteiger partial charge in [0.05, 0.1) is 12.3 Å². The van der Waals surface area contributed by atoms with Gasteiger partial charge in [0.15, 0.2) is 0 Å². The van der Waals surface area contributed by atoms with Crippen LogP contribution < -0.4 is 5.32 Å². The van der Waals surface area contributed by atoms with Crippen LogP contribution in [0.15, 0.2) is 6.20 Å². The van der Waals surface area contributed by atoms with Crippen molar-refractivity contribution >= 4 is 5.95 Å². The topological polar surface area (TPSA) is 39.1 Å². The second kappa shape index (κ2) is 6.78. The van der Waals surface area contributed by atoms with Crippen molar-refractivity contribution in [2.75, 3.05) is 19.0 Å². The van der Waals surface area contributed by atoms with E-state index in [9.17, 15) is 0 Å². The lowest BCUT2D eigenvalue weighted by Gasteiger charge is -2.23. The van der Waals surface area contributed by atoms with Gasteiger partial charge >= 0.3 is 0 Å². The minimum atomic E-state index is 0.264. The molecule has 3 unspecified atom stereocenters. The van der Waals surface area contributed by atoms with E-state index in [2.05, 4.69) is 48.8 Å². The second-order valence-corrected chi connectivity index (χ2v) is 5.24. The van der Waals surface area contributed by atoms with Gasteiger partial charge in [0.1, 0.15) is 0 Å². The molecule has 3 atom stereocenters. The van der Waals surface area contributed by atoms with E-state index < -0.39 is 0 Å². The lowest BCUT2D eigenvalue weighted by atomic mass is 10.0. The third kappa shape index (κ3) is 3.73. The van der Waals surface area contributed by atoms with Crippen molar-refractivity contribution in [1.82, 2.24) is 9.55 Å². The Morgan fingerprint density at radius 2 is 2.06 bits per heavy atom. The Hall–Kier alpha value is -1.03. The van der Waals surface area contributed by atoms with Crippen LogP contribution in [0.2, 0.25) is 0 Å². The van der Waals surface area contributed by atoms with Crippen molar-refractivity contribution in [2.45, 2.75) is 53.1 Å². The van der Waals surface area contributed by atoms with E-state index in [0.717, 1.165) is 11.6 Å². The lowest BCUT2D eigenvalue weighted by molar-refractivity contribution is 0.190. The molecular weight excluding hydrogens is 226 g/mol. The Bertz CT molecular complexity index is 362. The molecule has 1 aromatic heterocycles. The maximum absolute atomic E-state index is 5.15. The molecule has 0 spiro atoms. The Morgan fingerprint density at radius 1 is 1.39 bits per heavy atom. The molecule has 0 fully saturated rings. The van der Waals surface area contributed by atoms with E-state index in [1.165, 1.54) is 6.42 Å². The summed E-state index contributed by atoms with van der Waals surface area (Å²) in [6, 6.07) is 0.716. The number of nitrogens with one attached hydrogen (secondary N) is 1. The van der Waals surface area contributed by atoms with E-state index in [1.807, 2.05) is 6.92 Å². The zero-order chi connectivity index (χ0) is 13.7. The number of anilines is 1. The highest BCUT2D eigenvalue weighted by Crippen LogP contribution is 2.25. The number of hydrogen-bond acceptors (Lipinski definition) is 3. The van der Waals surface area contributed by atoms with Crippen LogP contribution >= 0.6 is 0 Å². The summed E-state index contributed by atoms with van der Waals surface area (Å²) in [6.07, 6.45) is 3.30. The average Bonchev–Trinajstić information content (AvgIpc) is 2.68. The predicted octanol–water partition coefficient (Wildman–Crippen LogP) is 3.25. The zero-order valence-electron chi connectivity index (χ0n) is 12.5. The number of methoxy groups -OCH3 is 1. The number of imidazole rings is 1. The molecule has 0 aliphatic rings. The third-order valence-corrected chi connectivity index (χ3v) is 3.55. The zero-order valence-corrected chi connectivity index (χ0v) is 12.5. The van der Waals surface area contributed by atoms with Crippen LogP contribution in [0.25, 0.3) is 0 Å². The summed E-state index contributed by atoms with van der Waals surface area (Å²) in [4.78, 5) is 4.57. The number of rotatable bonds is 7. The number of nitrogens with zero attached hydrogens (tertiary/aromatic N) is 2. The maximum Gasteiger partial charge on any atom is 0.203 e. The highest BCUT2D eigenvalue weighted by molar-refractivity contribution is 5.30. The van der Waals surface area contributed by atoms with Crippen LogP contribution in [-0.2, 0) is 4.74 Å². The highest BCUT2D eigenvalue weighted by atomic mass is 16.5. The minimum absolute atomic E-state index is 0.264. The molecule has 1 N–H and O–H groups in total. The molecule has 0 amide bonds. The molecule has 0 aromatic carbocycles. The van der Waals surface area contributed by atoms with Crippen LogP contribution in [0.5, 0.6) is 0 Å². The van der Waals surface area contributed by atoms with Gasteiger partial charge in [-0.15, -0.1) is 0 Å². The van der Waals surface area contributed by atoms with Crippen LogP contribution in [0.4, 0.5) is 5.95 Å². The minimum Gasteiger partial charge on any atom is -0.383 e. The van der Waals surface area contributed by atoms with Gasteiger partial charge in [-0.1, -0.05) is 20.3 Å². The fourth-order valence-electron chi connectivity index (χ4n) is 2.06. The molecular formula is C14H27N3O. The van der Waals surface area contributed by atoms with Crippen molar-refractivity contribution in [1.29, 1.82) is 0 Å². The first kappa shape index (κ1) is 15.0. The second-order valence-electron chi connectivity index (χ2n) is 5.24. The van der Waals surface area contributed by atoms with Gasteiger partial charge in [0.2, 0.25) is 5.95 Å². The van der Waals surface area contributed by atoms with E-state index >= 15 is 0 Å². The van der Waals surface area contributed by atoms with E-state index in [0.29, 0.717) is 18.6 Å². The first-order valence-corrected chi connectivity index (χ1v) is 6.80. The fourth-order valence-corrected chi connectivity index (χ4v) is 2.06. The molecule has 0 aliphatic carbocycles. The lowest BCUT2D eigenvalue weighted by Crippen LogP contribution is -2.24. The first-order chi connectivity index (χ1) is 8.49. The number of hydrogen-bond donors (Lipinski definition) is 1. The molecule has 4 nitrogen and oxygen atoms in total. The summed E-state index contributed by atoms with van der Waals surface area (Å²) in [6.45, 7) is 11.6. The predicted molar refractivity (Wildman–Crippen MR) is 76.1 cm³/mol. The number of aryl methyl sites for hydroxylation is 1. The van der Waals surface area contributed by atoms with E-state index in [4.69, 9.17) is 4.74 Å². The quantitative estimate of drug-likeness (QED) is 0.810. The fraction of sp³-hybridized carbons (Fsp3) is 0.786. The molecule has 0 saturated carbocycles. The molecule has 0 aliphatic heterocycles. The average molecular weight is 253 g/mol.